The van der Waals surface area contributed by atoms with E-state index in [4.69, 9.17) is 11.5 Å². The second kappa shape index (κ2) is 10.4. The van der Waals surface area contributed by atoms with Crippen LogP contribution in [0.2, 0.25) is 0 Å². The molecule has 5 rings (SSSR count). The molecule has 7 heteroatoms. The Bertz CT molecular complexity index is 1310. The third-order valence-corrected chi connectivity index (χ3v) is 7.52. The maximum Gasteiger partial charge on any atom is 0.274 e. The first-order valence-corrected chi connectivity index (χ1v) is 12.5. The summed E-state index contributed by atoms with van der Waals surface area (Å²) in [4.78, 5) is 16.0. The fraction of sp³-hybridized carbons (Fsp3) is 0.357. The van der Waals surface area contributed by atoms with Crippen LogP contribution in [-0.2, 0) is 19.5 Å². The lowest BCUT2D eigenvalue weighted by Gasteiger charge is -2.38. The van der Waals surface area contributed by atoms with E-state index in [1.165, 1.54) is 42.8 Å². The average Bonchev–Trinajstić information content (AvgIpc) is 2.84. The fourth-order valence-electron chi connectivity index (χ4n) is 5.33. The quantitative estimate of drug-likeness (QED) is 0.435. The Labute approximate surface area is 206 Å². The van der Waals surface area contributed by atoms with E-state index in [0.717, 1.165) is 37.1 Å². The van der Waals surface area contributed by atoms with Gasteiger partial charge in [0.1, 0.15) is 0 Å². The van der Waals surface area contributed by atoms with Gasteiger partial charge in [0.2, 0.25) is 0 Å². The summed E-state index contributed by atoms with van der Waals surface area (Å²) in [5.41, 5.74) is 15.5. The maximum absolute atomic E-state index is 13.5. The lowest BCUT2D eigenvalue weighted by Crippen LogP contribution is -2.41. The third kappa shape index (κ3) is 5.10. The van der Waals surface area contributed by atoms with Crippen molar-refractivity contribution in [2.24, 2.45) is 23.3 Å². The molecule has 0 spiro atoms. The molecule has 0 radical (unpaired) electrons. The number of nitrogens with one attached hydrogen (secondary N) is 1. The second-order valence-electron chi connectivity index (χ2n) is 9.74. The van der Waals surface area contributed by atoms with Crippen molar-refractivity contribution in [2.75, 3.05) is 18.4 Å². The number of hydrogen-bond acceptors (Lipinski definition) is 6. The van der Waals surface area contributed by atoms with Crippen molar-refractivity contribution >= 4 is 16.5 Å². The van der Waals surface area contributed by atoms with Gasteiger partial charge in [-0.1, -0.05) is 49.6 Å². The van der Waals surface area contributed by atoms with Crippen molar-refractivity contribution in [2.45, 2.75) is 38.8 Å². The molecule has 1 saturated carbocycles. The molecule has 35 heavy (non-hydrogen) atoms. The van der Waals surface area contributed by atoms with Crippen LogP contribution in [0.15, 0.2) is 77.6 Å². The minimum Gasteiger partial charge on any atom is -0.405 e. The summed E-state index contributed by atoms with van der Waals surface area (Å²) >= 11 is 0. The van der Waals surface area contributed by atoms with E-state index in [1.54, 1.807) is 17.0 Å². The Morgan fingerprint density at radius 2 is 1.97 bits per heavy atom. The standard InChI is InChI=1S/C28H34N6O/c29-12-10-26(15-30)32-25-9-8-22-16-31-34(28(35)27(22)14-25)19-24(20-6-3-7-20)18-33-13-11-21-4-1-2-5-23(21)17-33/h1-2,4-5,8-10,12,14-16,20,24,32H,3,6-7,11,13,17-19,29-30H2/b12-10-,26-15+. The minimum absolute atomic E-state index is 0.0490. The molecule has 0 amide bonds. The number of nitrogens with zero attached hydrogens (tertiary/aromatic N) is 3. The lowest BCUT2D eigenvalue weighted by molar-refractivity contribution is 0.114. The highest BCUT2D eigenvalue weighted by Crippen LogP contribution is 2.35. The normalized spacial score (nSPS) is 17.9. The largest absolute Gasteiger partial charge is 0.405 e. The number of benzene rings is 2. The first kappa shape index (κ1) is 23.2. The predicted octanol–water partition coefficient (Wildman–Crippen LogP) is 3.56. The molecule has 1 aliphatic carbocycles. The SMILES string of the molecule is N/C=C\C(=C/N)Nc1ccc2cnn(CC(CN3CCc4ccccc4C3)C3CCC3)c(=O)c2c1. The van der Waals surface area contributed by atoms with Crippen molar-refractivity contribution in [3.05, 3.63) is 94.3 Å². The van der Waals surface area contributed by atoms with E-state index in [0.29, 0.717) is 29.5 Å². The van der Waals surface area contributed by atoms with Gasteiger partial charge >= 0.3 is 0 Å². The topological polar surface area (TPSA) is 102 Å². The number of rotatable bonds is 8. The van der Waals surface area contributed by atoms with E-state index in [9.17, 15) is 4.79 Å². The number of aromatic nitrogens is 2. The Morgan fingerprint density at radius 3 is 2.71 bits per heavy atom. The summed E-state index contributed by atoms with van der Waals surface area (Å²) < 4.78 is 1.67. The summed E-state index contributed by atoms with van der Waals surface area (Å²) in [6.45, 7) is 3.72. The van der Waals surface area contributed by atoms with Crippen LogP contribution in [0.5, 0.6) is 0 Å². The van der Waals surface area contributed by atoms with Crippen LogP contribution in [-0.4, -0.2) is 27.8 Å². The highest BCUT2D eigenvalue weighted by Gasteiger charge is 2.30. The van der Waals surface area contributed by atoms with Gasteiger partial charge in [0, 0.05) is 43.5 Å². The first-order chi connectivity index (χ1) is 17.1. The molecule has 2 aliphatic rings. The van der Waals surface area contributed by atoms with Crippen molar-refractivity contribution in [3.8, 4) is 0 Å². The Balaban J connectivity index is 1.37. The number of nitrogens with two attached hydrogens (primary N) is 2. The third-order valence-electron chi connectivity index (χ3n) is 7.52. The number of anilines is 1. The molecule has 0 bridgehead atoms. The molecule has 1 fully saturated rings. The lowest BCUT2D eigenvalue weighted by atomic mass is 9.75. The molecule has 0 saturated heterocycles. The van der Waals surface area contributed by atoms with Gasteiger partial charge in [0.05, 0.1) is 17.3 Å². The van der Waals surface area contributed by atoms with Crippen molar-refractivity contribution in [3.63, 3.8) is 0 Å². The monoisotopic (exact) mass is 470 g/mol. The molecular weight excluding hydrogens is 436 g/mol. The molecule has 2 heterocycles. The maximum atomic E-state index is 13.5. The average molecular weight is 471 g/mol. The zero-order valence-corrected chi connectivity index (χ0v) is 20.1. The van der Waals surface area contributed by atoms with Crippen LogP contribution in [0, 0.1) is 11.8 Å². The molecule has 2 aromatic carbocycles. The zero-order valence-electron chi connectivity index (χ0n) is 20.1. The molecule has 1 aromatic heterocycles. The van der Waals surface area contributed by atoms with Gasteiger partial charge in [-0.15, -0.1) is 0 Å². The van der Waals surface area contributed by atoms with Crippen LogP contribution in [0.25, 0.3) is 10.8 Å². The molecule has 1 unspecified atom stereocenters. The summed E-state index contributed by atoms with van der Waals surface area (Å²) in [6, 6.07) is 14.4. The highest BCUT2D eigenvalue weighted by atomic mass is 16.1. The van der Waals surface area contributed by atoms with Crippen LogP contribution in [0.3, 0.4) is 0 Å². The minimum atomic E-state index is -0.0490. The second-order valence-corrected chi connectivity index (χ2v) is 9.74. The highest BCUT2D eigenvalue weighted by molar-refractivity contribution is 5.84. The molecule has 1 atom stereocenters. The smallest absolute Gasteiger partial charge is 0.274 e. The van der Waals surface area contributed by atoms with Crippen LogP contribution in [0.4, 0.5) is 5.69 Å². The first-order valence-electron chi connectivity index (χ1n) is 12.5. The van der Waals surface area contributed by atoms with Gasteiger partial charge in [-0.2, -0.15) is 5.10 Å². The van der Waals surface area contributed by atoms with E-state index < -0.39 is 0 Å². The van der Waals surface area contributed by atoms with Crippen LogP contribution >= 0.6 is 0 Å². The summed E-state index contributed by atoms with van der Waals surface area (Å²) in [6.07, 6.45) is 11.2. The van der Waals surface area contributed by atoms with Crippen LogP contribution < -0.4 is 22.3 Å². The van der Waals surface area contributed by atoms with Gasteiger partial charge in [0.25, 0.3) is 5.56 Å². The van der Waals surface area contributed by atoms with E-state index in [-0.39, 0.29) is 5.56 Å². The number of allylic oxidation sites excluding steroid dienone is 1. The van der Waals surface area contributed by atoms with Gasteiger partial charge in [-0.25, -0.2) is 4.68 Å². The zero-order chi connectivity index (χ0) is 24.2. The molecule has 182 valence electrons. The Kier molecular flexibility index (Phi) is 6.86. The number of hydrogen-bond donors (Lipinski definition) is 3. The molecule has 5 N–H and O–H groups in total. The van der Waals surface area contributed by atoms with E-state index in [2.05, 4.69) is 39.6 Å². The predicted molar refractivity (Wildman–Crippen MR) is 141 cm³/mol. The fourth-order valence-corrected chi connectivity index (χ4v) is 5.33. The molecule has 7 nitrogen and oxygen atoms in total. The number of fused-ring (bicyclic) bond motifs is 2. The molecule has 3 aromatic rings. The Morgan fingerprint density at radius 1 is 1.14 bits per heavy atom. The summed E-state index contributed by atoms with van der Waals surface area (Å²) in [5.74, 6) is 1.07. The van der Waals surface area contributed by atoms with Crippen LogP contribution in [0.1, 0.15) is 30.4 Å². The van der Waals surface area contributed by atoms with Crippen molar-refractivity contribution in [1.29, 1.82) is 0 Å². The van der Waals surface area contributed by atoms with Gasteiger partial charge < -0.3 is 16.8 Å². The molecule has 1 aliphatic heterocycles. The molecular formula is C28H34N6O. The van der Waals surface area contributed by atoms with E-state index >= 15 is 0 Å². The van der Waals surface area contributed by atoms with Gasteiger partial charge in [-0.3, -0.25) is 9.69 Å². The van der Waals surface area contributed by atoms with Crippen molar-refractivity contribution < 1.29 is 0 Å². The van der Waals surface area contributed by atoms with Gasteiger partial charge in [0.15, 0.2) is 0 Å². The Hall–Kier alpha value is -3.58. The van der Waals surface area contributed by atoms with Crippen molar-refractivity contribution in [1.82, 2.24) is 14.7 Å². The summed E-state index contributed by atoms with van der Waals surface area (Å²) in [7, 11) is 0. The van der Waals surface area contributed by atoms with E-state index in [1.807, 2.05) is 18.2 Å². The van der Waals surface area contributed by atoms with Gasteiger partial charge in [-0.05, 0) is 53.8 Å². The summed E-state index contributed by atoms with van der Waals surface area (Å²) in [5, 5.41) is 9.24.